The van der Waals surface area contributed by atoms with Crippen LogP contribution in [0.3, 0.4) is 0 Å². The number of Topliss-reactive ketones (excluding diaryl/α,β-unsaturated/α-hetero) is 1. The maximum absolute atomic E-state index is 13.4. The van der Waals surface area contributed by atoms with Crippen molar-refractivity contribution in [3.63, 3.8) is 0 Å². The van der Waals surface area contributed by atoms with Gasteiger partial charge in [-0.15, -0.1) is 0 Å². The number of imidazole rings is 1. The first-order valence-electron chi connectivity index (χ1n) is 9.92. The van der Waals surface area contributed by atoms with Gasteiger partial charge in [0.05, 0.1) is 11.9 Å². The third kappa shape index (κ3) is 4.55. The summed E-state index contributed by atoms with van der Waals surface area (Å²) in [7, 11) is -2.44. The minimum atomic E-state index is -4.63. The van der Waals surface area contributed by atoms with E-state index in [1.165, 1.54) is 47.4 Å². The molecule has 33 heavy (non-hydrogen) atoms. The van der Waals surface area contributed by atoms with Gasteiger partial charge in [-0.05, 0) is 29.8 Å². The average molecular weight is 481 g/mol. The topological polar surface area (TPSA) is 72.3 Å². The summed E-state index contributed by atoms with van der Waals surface area (Å²) in [5.41, 5.74) is -0.623. The number of aromatic nitrogens is 2. The Labute approximate surface area is 187 Å². The number of carbonyl (C=O) groups excluding carboxylic acids is 1. The predicted molar refractivity (Wildman–Crippen MR) is 110 cm³/mol. The third-order valence-electron chi connectivity index (χ3n) is 5.68. The molecule has 1 aliphatic heterocycles. The van der Waals surface area contributed by atoms with Crippen molar-refractivity contribution in [3.05, 3.63) is 83.6 Å². The first kappa shape index (κ1) is 23.1. The Morgan fingerprint density at radius 3 is 2.39 bits per heavy atom. The van der Waals surface area contributed by atoms with E-state index in [-0.39, 0.29) is 23.7 Å². The van der Waals surface area contributed by atoms with E-state index in [1.807, 2.05) is 0 Å². The summed E-state index contributed by atoms with van der Waals surface area (Å²) in [6, 6.07) is 9.32. The summed E-state index contributed by atoms with van der Waals surface area (Å²) in [5, 5.41) is -0.199. The van der Waals surface area contributed by atoms with Crippen LogP contribution in [-0.2, 0) is 23.2 Å². The fourth-order valence-corrected chi connectivity index (χ4v) is 5.45. The molecular formula is C22H19F4N3O3S. The van der Waals surface area contributed by atoms with Crippen molar-refractivity contribution in [1.82, 2.24) is 13.9 Å². The Balaban J connectivity index is 1.72. The van der Waals surface area contributed by atoms with E-state index in [9.17, 15) is 30.8 Å². The zero-order valence-corrected chi connectivity index (χ0v) is 18.1. The lowest BCUT2D eigenvalue weighted by molar-refractivity contribution is -0.137. The molecule has 0 radical (unpaired) electrons. The molecule has 0 saturated carbocycles. The van der Waals surface area contributed by atoms with Gasteiger partial charge in [0.1, 0.15) is 5.82 Å². The number of aryl methyl sites for hydroxylation is 1. The fraction of sp³-hybridized carbons (Fsp3) is 0.273. The van der Waals surface area contributed by atoms with Crippen LogP contribution >= 0.6 is 0 Å². The van der Waals surface area contributed by atoms with Crippen LogP contribution in [0, 0.1) is 11.7 Å². The first-order valence-corrected chi connectivity index (χ1v) is 11.4. The van der Waals surface area contributed by atoms with Gasteiger partial charge in [-0.3, -0.25) is 4.79 Å². The standard InChI is InChI=1S/C22H19F4N3O3S/c1-28-12-20(27-13-28)33(31,32)29-10-18(14-5-7-17(23)8-6-14)19(11-29)21(30)15-3-2-4-16(9-15)22(24,25)26/h2-9,12-13,18-19H,10-11H2,1H3/t18-,19+/m1/s1. The molecule has 2 heterocycles. The van der Waals surface area contributed by atoms with Crippen LogP contribution in [0.15, 0.2) is 66.1 Å². The molecule has 6 nitrogen and oxygen atoms in total. The molecule has 0 bridgehead atoms. The van der Waals surface area contributed by atoms with Crippen LogP contribution in [0.5, 0.6) is 0 Å². The van der Waals surface area contributed by atoms with Crippen molar-refractivity contribution >= 4 is 15.8 Å². The van der Waals surface area contributed by atoms with Crippen LogP contribution in [0.25, 0.3) is 0 Å². The van der Waals surface area contributed by atoms with E-state index in [2.05, 4.69) is 4.98 Å². The molecule has 4 rings (SSSR count). The van der Waals surface area contributed by atoms with Crippen molar-refractivity contribution < 1.29 is 30.8 Å². The van der Waals surface area contributed by atoms with E-state index in [0.717, 1.165) is 22.5 Å². The van der Waals surface area contributed by atoms with Crippen molar-refractivity contribution in [2.24, 2.45) is 13.0 Å². The number of alkyl halides is 3. The van der Waals surface area contributed by atoms with Crippen LogP contribution in [-0.4, -0.2) is 41.1 Å². The SMILES string of the molecule is Cn1cnc(S(=O)(=O)N2C[C@H](C(=O)c3cccc(C(F)(F)F)c3)[C@@H](c3ccc(F)cc3)C2)c1. The van der Waals surface area contributed by atoms with E-state index in [0.29, 0.717) is 5.56 Å². The lowest BCUT2D eigenvalue weighted by atomic mass is 9.83. The van der Waals surface area contributed by atoms with Crippen LogP contribution in [0.1, 0.15) is 27.4 Å². The van der Waals surface area contributed by atoms with Crippen LogP contribution in [0.4, 0.5) is 17.6 Å². The molecule has 174 valence electrons. The van der Waals surface area contributed by atoms with Gasteiger partial charge in [0.15, 0.2) is 10.8 Å². The Hall–Kier alpha value is -3.05. The average Bonchev–Trinajstić information content (AvgIpc) is 3.41. The summed E-state index contributed by atoms with van der Waals surface area (Å²) in [6.45, 7) is -0.337. The highest BCUT2D eigenvalue weighted by Crippen LogP contribution is 2.38. The molecule has 0 aliphatic carbocycles. The van der Waals surface area contributed by atoms with Gasteiger partial charge in [-0.2, -0.15) is 17.5 Å². The Morgan fingerprint density at radius 1 is 1.09 bits per heavy atom. The van der Waals surface area contributed by atoms with Gasteiger partial charge in [0, 0.05) is 43.7 Å². The maximum Gasteiger partial charge on any atom is 0.416 e. The van der Waals surface area contributed by atoms with Gasteiger partial charge in [-0.25, -0.2) is 17.8 Å². The normalized spacial score (nSPS) is 19.7. The molecule has 0 N–H and O–H groups in total. The number of carbonyl (C=O) groups is 1. The molecule has 0 unspecified atom stereocenters. The van der Waals surface area contributed by atoms with Gasteiger partial charge < -0.3 is 4.57 Å². The first-order chi connectivity index (χ1) is 15.5. The summed E-state index contributed by atoms with van der Waals surface area (Å²) in [5.74, 6) is -2.76. The summed E-state index contributed by atoms with van der Waals surface area (Å²) < 4.78 is 81.7. The third-order valence-corrected chi connectivity index (χ3v) is 7.40. The number of halogens is 4. The molecule has 11 heteroatoms. The molecule has 1 aliphatic rings. The summed E-state index contributed by atoms with van der Waals surface area (Å²) in [6.07, 6.45) is -1.98. The van der Waals surface area contributed by atoms with Gasteiger partial charge >= 0.3 is 6.18 Å². The molecule has 1 aromatic heterocycles. The van der Waals surface area contributed by atoms with Crippen LogP contribution in [0.2, 0.25) is 0 Å². The number of hydrogen-bond donors (Lipinski definition) is 0. The zero-order valence-electron chi connectivity index (χ0n) is 17.3. The quantitative estimate of drug-likeness (QED) is 0.410. The van der Waals surface area contributed by atoms with E-state index in [1.54, 1.807) is 7.05 Å². The zero-order chi connectivity index (χ0) is 24.0. The summed E-state index contributed by atoms with van der Waals surface area (Å²) >= 11 is 0. The lowest BCUT2D eigenvalue weighted by Crippen LogP contribution is -2.30. The van der Waals surface area contributed by atoms with Crippen molar-refractivity contribution in [2.45, 2.75) is 17.1 Å². The van der Waals surface area contributed by atoms with E-state index < -0.39 is 45.2 Å². The second-order valence-electron chi connectivity index (χ2n) is 7.91. The number of rotatable bonds is 5. The number of sulfonamides is 1. The van der Waals surface area contributed by atoms with Crippen molar-refractivity contribution in [2.75, 3.05) is 13.1 Å². The monoisotopic (exact) mass is 481 g/mol. The van der Waals surface area contributed by atoms with Crippen molar-refractivity contribution in [3.8, 4) is 0 Å². The molecule has 3 aromatic rings. The fourth-order valence-electron chi connectivity index (χ4n) is 3.99. The highest BCUT2D eigenvalue weighted by Gasteiger charge is 2.44. The number of nitrogens with zero attached hydrogens (tertiary/aromatic N) is 3. The number of benzene rings is 2. The minimum absolute atomic E-state index is 0.0973. The van der Waals surface area contributed by atoms with Crippen LogP contribution < -0.4 is 0 Å². The van der Waals surface area contributed by atoms with Gasteiger partial charge in [0.2, 0.25) is 0 Å². The molecule has 1 saturated heterocycles. The van der Waals surface area contributed by atoms with E-state index >= 15 is 0 Å². The maximum atomic E-state index is 13.4. The number of hydrogen-bond acceptors (Lipinski definition) is 4. The molecule has 0 amide bonds. The lowest BCUT2D eigenvalue weighted by Gasteiger charge is -2.18. The number of ketones is 1. The highest BCUT2D eigenvalue weighted by atomic mass is 32.2. The Bertz CT molecular complexity index is 1290. The molecule has 2 aromatic carbocycles. The highest BCUT2D eigenvalue weighted by molar-refractivity contribution is 7.89. The Morgan fingerprint density at radius 2 is 1.79 bits per heavy atom. The molecule has 1 fully saturated rings. The largest absolute Gasteiger partial charge is 0.416 e. The van der Waals surface area contributed by atoms with Gasteiger partial charge in [-0.1, -0.05) is 24.3 Å². The molecule has 2 atom stereocenters. The molecule has 0 spiro atoms. The summed E-state index contributed by atoms with van der Waals surface area (Å²) in [4.78, 5) is 17.2. The predicted octanol–water partition coefficient (Wildman–Crippen LogP) is 3.87. The molecular weight excluding hydrogens is 462 g/mol. The van der Waals surface area contributed by atoms with Gasteiger partial charge in [0.25, 0.3) is 10.0 Å². The Kier molecular flexibility index (Phi) is 5.87. The second kappa shape index (κ2) is 8.38. The second-order valence-corrected chi connectivity index (χ2v) is 9.79. The van der Waals surface area contributed by atoms with Crippen molar-refractivity contribution in [1.29, 1.82) is 0 Å². The smallest absolute Gasteiger partial charge is 0.339 e. The van der Waals surface area contributed by atoms with E-state index in [4.69, 9.17) is 0 Å². The minimum Gasteiger partial charge on any atom is -0.339 e.